The summed E-state index contributed by atoms with van der Waals surface area (Å²) in [5.74, 6) is -0.141. The highest BCUT2D eigenvalue weighted by Crippen LogP contribution is 2.46. The summed E-state index contributed by atoms with van der Waals surface area (Å²) in [6.07, 6.45) is 0. The number of ketones is 1. The highest BCUT2D eigenvalue weighted by Gasteiger charge is 2.48. The first-order valence-electron chi connectivity index (χ1n) is 10.5. The number of thiophene rings is 1. The Morgan fingerprint density at radius 3 is 2.06 bits per heavy atom. The van der Waals surface area contributed by atoms with Crippen LogP contribution in [0, 0.1) is 13.8 Å². The number of hydrogen-bond acceptors (Lipinski definition) is 7. The van der Waals surface area contributed by atoms with Crippen molar-refractivity contribution in [3.05, 3.63) is 75.0 Å². The predicted octanol–water partition coefficient (Wildman–Crippen LogP) is 5.02. The summed E-state index contributed by atoms with van der Waals surface area (Å²) in [5, 5.41) is 13.3. The molecule has 2 heterocycles. The quantitative estimate of drug-likeness (QED) is 0.304. The molecule has 176 valence electrons. The zero-order valence-electron chi connectivity index (χ0n) is 19.5. The van der Waals surface area contributed by atoms with E-state index >= 15 is 0 Å². The van der Waals surface area contributed by atoms with Crippen LogP contribution in [0.3, 0.4) is 0 Å². The highest BCUT2D eigenvalue weighted by molar-refractivity contribution is 7.10. The van der Waals surface area contributed by atoms with Crippen molar-refractivity contribution in [2.45, 2.75) is 19.9 Å². The van der Waals surface area contributed by atoms with E-state index in [9.17, 15) is 14.7 Å². The van der Waals surface area contributed by atoms with E-state index in [0.717, 1.165) is 10.4 Å². The Morgan fingerprint density at radius 1 is 0.882 bits per heavy atom. The maximum Gasteiger partial charge on any atom is 0.300 e. The van der Waals surface area contributed by atoms with Crippen LogP contribution in [-0.2, 0) is 9.59 Å². The van der Waals surface area contributed by atoms with E-state index in [2.05, 4.69) is 0 Å². The van der Waals surface area contributed by atoms with Gasteiger partial charge in [0.05, 0.1) is 32.6 Å². The smallest absolute Gasteiger partial charge is 0.300 e. The number of aliphatic hydroxyl groups is 1. The van der Waals surface area contributed by atoms with E-state index in [1.807, 2.05) is 25.3 Å². The Bertz CT molecular complexity index is 1290. The zero-order chi connectivity index (χ0) is 24.6. The summed E-state index contributed by atoms with van der Waals surface area (Å²) < 4.78 is 16.0. The summed E-state index contributed by atoms with van der Waals surface area (Å²) in [6.45, 7) is 3.72. The van der Waals surface area contributed by atoms with Gasteiger partial charge in [0.1, 0.15) is 29.0 Å². The monoisotopic (exact) mass is 479 g/mol. The molecule has 0 bridgehead atoms. The maximum absolute atomic E-state index is 13.4. The van der Waals surface area contributed by atoms with Crippen molar-refractivity contribution in [3.63, 3.8) is 0 Å². The van der Waals surface area contributed by atoms with Crippen molar-refractivity contribution in [1.29, 1.82) is 0 Å². The van der Waals surface area contributed by atoms with Gasteiger partial charge in [0.2, 0.25) is 0 Å². The van der Waals surface area contributed by atoms with Crippen molar-refractivity contribution < 1.29 is 28.9 Å². The molecule has 2 aromatic carbocycles. The van der Waals surface area contributed by atoms with E-state index in [0.29, 0.717) is 34.1 Å². The van der Waals surface area contributed by atoms with Crippen LogP contribution >= 0.6 is 11.3 Å². The Labute approximate surface area is 201 Å². The molecule has 1 amide bonds. The van der Waals surface area contributed by atoms with Crippen molar-refractivity contribution >= 4 is 34.5 Å². The van der Waals surface area contributed by atoms with Gasteiger partial charge in [-0.05, 0) is 54.6 Å². The summed E-state index contributed by atoms with van der Waals surface area (Å²) >= 11 is 1.42. The number of carbonyl (C=O) groups is 2. The number of amides is 1. The Balaban J connectivity index is 1.97. The number of rotatable bonds is 6. The van der Waals surface area contributed by atoms with E-state index in [4.69, 9.17) is 14.2 Å². The SMILES string of the molecule is COc1cc(OC)cc(N2C(=O)C(=O)/C(=C(/O)c3ccc(OC)cc3C)C2c2sccc2C)c1. The number of hydrogen-bond donors (Lipinski definition) is 1. The molecule has 8 heteroatoms. The third-order valence-electron chi connectivity index (χ3n) is 5.90. The molecule has 1 aliphatic rings. The lowest BCUT2D eigenvalue weighted by Crippen LogP contribution is -2.29. The number of anilines is 1. The number of aliphatic hydroxyl groups excluding tert-OH is 1. The van der Waals surface area contributed by atoms with Crippen LogP contribution in [0.4, 0.5) is 5.69 Å². The molecule has 1 N–H and O–H groups in total. The van der Waals surface area contributed by atoms with Crippen LogP contribution in [0.1, 0.15) is 27.6 Å². The molecular formula is C26H25NO6S. The van der Waals surface area contributed by atoms with Gasteiger partial charge in [-0.15, -0.1) is 11.3 Å². The van der Waals surface area contributed by atoms with Crippen LogP contribution in [0.5, 0.6) is 17.2 Å². The second-order valence-corrected chi connectivity index (χ2v) is 8.84. The minimum atomic E-state index is -0.807. The summed E-state index contributed by atoms with van der Waals surface area (Å²) in [5.41, 5.74) is 2.55. The molecule has 7 nitrogen and oxygen atoms in total. The third kappa shape index (κ3) is 3.90. The van der Waals surface area contributed by atoms with Crippen molar-refractivity contribution in [2.24, 2.45) is 0 Å². The van der Waals surface area contributed by atoms with Crippen LogP contribution < -0.4 is 19.1 Å². The average Bonchev–Trinajstić information content (AvgIpc) is 3.38. The predicted molar refractivity (Wildman–Crippen MR) is 131 cm³/mol. The van der Waals surface area contributed by atoms with Gasteiger partial charge in [0, 0.05) is 28.6 Å². The fourth-order valence-electron chi connectivity index (χ4n) is 4.12. The Kier molecular flexibility index (Phi) is 6.34. The largest absolute Gasteiger partial charge is 0.507 e. The third-order valence-corrected chi connectivity index (χ3v) is 6.97. The van der Waals surface area contributed by atoms with Crippen LogP contribution in [-0.4, -0.2) is 38.1 Å². The standard InChI is InChI=1S/C26H25NO6S/c1-14-8-9-34-25(14)22-21(23(28)20-7-6-17(31-3)10-15(20)2)24(29)26(30)27(22)16-11-18(32-4)13-19(12-16)33-5/h6-13,22,28H,1-5H3/b23-21+. The van der Waals surface area contributed by atoms with Gasteiger partial charge in [-0.2, -0.15) is 0 Å². The maximum atomic E-state index is 13.4. The van der Waals surface area contributed by atoms with Gasteiger partial charge in [-0.3, -0.25) is 14.5 Å². The van der Waals surface area contributed by atoms with Crippen molar-refractivity contribution in [1.82, 2.24) is 0 Å². The molecule has 0 aliphatic carbocycles. The Hall–Kier alpha value is -3.78. The topological polar surface area (TPSA) is 85.3 Å². The molecule has 0 spiro atoms. The van der Waals surface area contributed by atoms with E-state index in [1.165, 1.54) is 30.5 Å². The van der Waals surface area contributed by atoms with E-state index in [-0.39, 0.29) is 11.3 Å². The van der Waals surface area contributed by atoms with Crippen LogP contribution in [0.2, 0.25) is 0 Å². The summed E-state index contributed by atoms with van der Waals surface area (Å²) in [4.78, 5) is 28.9. The molecular weight excluding hydrogens is 454 g/mol. The van der Waals surface area contributed by atoms with Gasteiger partial charge >= 0.3 is 0 Å². The lowest BCUT2D eigenvalue weighted by Gasteiger charge is -2.26. The molecule has 0 radical (unpaired) electrons. The lowest BCUT2D eigenvalue weighted by molar-refractivity contribution is -0.132. The molecule has 1 aromatic heterocycles. The number of ether oxygens (including phenoxy) is 3. The minimum absolute atomic E-state index is 0.0330. The summed E-state index contributed by atoms with van der Waals surface area (Å²) in [7, 11) is 4.59. The Morgan fingerprint density at radius 2 is 1.53 bits per heavy atom. The fraction of sp³-hybridized carbons (Fsp3) is 0.231. The minimum Gasteiger partial charge on any atom is -0.507 e. The van der Waals surface area contributed by atoms with Crippen molar-refractivity contribution in [3.8, 4) is 17.2 Å². The molecule has 1 atom stereocenters. The van der Waals surface area contributed by atoms with Gasteiger partial charge in [0.25, 0.3) is 11.7 Å². The molecule has 1 fully saturated rings. The highest BCUT2D eigenvalue weighted by atomic mass is 32.1. The summed E-state index contributed by atoms with van der Waals surface area (Å²) in [6, 6.07) is 11.3. The second-order valence-electron chi connectivity index (χ2n) is 7.89. The van der Waals surface area contributed by atoms with Crippen LogP contribution in [0.15, 0.2) is 53.4 Å². The number of aryl methyl sites for hydroxylation is 2. The van der Waals surface area contributed by atoms with Gasteiger partial charge in [-0.1, -0.05) is 0 Å². The normalized spacial score (nSPS) is 17.2. The fourth-order valence-corrected chi connectivity index (χ4v) is 5.14. The number of Topliss-reactive ketones (excluding diaryl/α,β-unsaturated/α-hetero) is 1. The lowest BCUT2D eigenvalue weighted by atomic mass is 9.96. The molecule has 1 unspecified atom stereocenters. The average molecular weight is 480 g/mol. The molecule has 3 aromatic rings. The number of carbonyl (C=O) groups excluding carboxylic acids is 2. The van der Waals surface area contributed by atoms with Crippen molar-refractivity contribution in [2.75, 3.05) is 26.2 Å². The zero-order valence-corrected chi connectivity index (χ0v) is 20.4. The van der Waals surface area contributed by atoms with E-state index in [1.54, 1.807) is 43.5 Å². The van der Waals surface area contributed by atoms with Gasteiger partial charge < -0.3 is 19.3 Å². The van der Waals surface area contributed by atoms with E-state index < -0.39 is 17.7 Å². The second kappa shape index (κ2) is 9.23. The van der Waals surface area contributed by atoms with Crippen LogP contribution in [0.25, 0.3) is 5.76 Å². The van der Waals surface area contributed by atoms with Gasteiger partial charge in [0.15, 0.2) is 0 Å². The molecule has 1 saturated heterocycles. The van der Waals surface area contributed by atoms with Gasteiger partial charge in [-0.25, -0.2) is 0 Å². The molecule has 4 rings (SSSR count). The molecule has 1 aliphatic heterocycles. The molecule has 0 saturated carbocycles. The first-order chi connectivity index (χ1) is 16.3. The number of methoxy groups -OCH3 is 3. The number of nitrogens with zero attached hydrogens (tertiary/aromatic N) is 1. The first-order valence-corrected chi connectivity index (χ1v) is 11.4. The molecule has 34 heavy (non-hydrogen) atoms. The first kappa shape index (κ1) is 23.4. The number of benzene rings is 2.